The molecule has 0 aliphatic rings. The third-order valence-electron chi connectivity index (χ3n) is 8.19. The van der Waals surface area contributed by atoms with Crippen LogP contribution in [0.15, 0.2) is 138 Å². The standard InChI is InChI=1S/C38H22N4O/c1-2-10-25(11-3-1)35-40-36(42-37(41-35)30-15-7-17-32-34(30)31-16-8-22-39-38(31)43-32)29-14-6-13-28-27(29)21-20-24-19-18-23-9-4-5-12-26(23)33(24)28/h1-22H. The molecule has 6 aromatic carbocycles. The van der Waals surface area contributed by atoms with Crippen molar-refractivity contribution < 1.29 is 4.42 Å². The fraction of sp³-hybridized carbons (Fsp3) is 0. The third kappa shape index (κ3) is 3.72. The van der Waals surface area contributed by atoms with E-state index >= 15 is 0 Å². The molecule has 200 valence electrons. The smallest absolute Gasteiger partial charge is 0.227 e. The van der Waals surface area contributed by atoms with Gasteiger partial charge in [-0.1, -0.05) is 109 Å². The van der Waals surface area contributed by atoms with E-state index in [4.69, 9.17) is 19.4 Å². The van der Waals surface area contributed by atoms with E-state index in [0.717, 1.165) is 38.4 Å². The van der Waals surface area contributed by atoms with Gasteiger partial charge in [0, 0.05) is 33.7 Å². The number of hydrogen-bond acceptors (Lipinski definition) is 5. The number of pyridine rings is 1. The summed E-state index contributed by atoms with van der Waals surface area (Å²) < 4.78 is 6.10. The molecule has 0 aliphatic heterocycles. The highest BCUT2D eigenvalue weighted by molar-refractivity contribution is 6.22. The molecule has 0 aliphatic carbocycles. The van der Waals surface area contributed by atoms with Gasteiger partial charge in [-0.15, -0.1) is 0 Å². The van der Waals surface area contributed by atoms with Crippen molar-refractivity contribution in [1.29, 1.82) is 0 Å². The molecule has 0 N–H and O–H groups in total. The summed E-state index contributed by atoms with van der Waals surface area (Å²) >= 11 is 0. The van der Waals surface area contributed by atoms with Crippen molar-refractivity contribution in [1.82, 2.24) is 19.9 Å². The molecule has 0 bridgehead atoms. The average Bonchev–Trinajstić information content (AvgIpc) is 3.47. The van der Waals surface area contributed by atoms with E-state index in [1.165, 1.54) is 26.9 Å². The minimum absolute atomic E-state index is 0.587. The zero-order chi connectivity index (χ0) is 28.3. The van der Waals surface area contributed by atoms with Crippen LogP contribution in [0, 0.1) is 0 Å². The molecule has 5 nitrogen and oxygen atoms in total. The second-order valence-corrected chi connectivity index (χ2v) is 10.7. The molecule has 3 aromatic heterocycles. The lowest BCUT2D eigenvalue weighted by atomic mass is 9.94. The number of rotatable bonds is 3. The number of fused-ring (bicyclic) bond motifs is 8. The molecule has 0 saturated carbocycles. The first-order chi connectivity index (χ1) is 21.3. The van der Waals surface area contributed by atoms with E-state index in [9.17, 15) is 0 Å². The quantitative estimate of drug-likeness (QED) is 0.205. The highest BCUT2D eigenvalue weighted by Gasteiger charge is 2.19. The van der Waals surface area contributed by atoms with Crippen molar-refractivity contribution in [3.05, 3.63) is 134 Å². The molecule has 0 atom stereocenters. The van der Waals surface area contributed by atoms with Crippen LogP contribution in [-0.4, -0.2) is 19.9 Å². The predicted octanol–water partition coefficient (Wildman–Crippen LogP) is 9.63. The Morgan fingerprint density at radius 3 is 2.05 bits per heavy atom. The van der Waals surface area contributed by atoms with Gasteiger partial charge in [0.2, 0.25) is 5.71 Å². The van der Waals surface area contributed by atoms with Crippen LogP contribution in [0.5, 0.6) is 0 Å². The molecular formula is C38H22N4O. The highest BCUT2D eigenvalue weighted by Crippen LogP contribution is 2.38. The van der Waals surface area contributed by atoms with Gasteiger partial charge >= 0.3 is 0 Å². The number of benzene rings is 6. The van der Waals surface area contributed by atoms with Crippen LogP contribution >= 0.6 is 0 Å². The van der Waals surface area contributed by atoms with Crippen molar-refractivity contribution in [3.8, 4) is 34.2 Å². The van der Waals surface area contributed by atoms with E-state index in [1.54, 1.807) is 6.20 Å². The van der Waals surface area contributed by atoms with Gasteiger partial charge in [-0.2, -0.15) is 0 Å². The van der Waals surface area contributed by atoms with Gasteiger partial charge in [0.1, 0.15) is 5.58 Å². The van der Waals surface area contributed by atoms with E-state index < -0.39 is 0 Å². The zero-order valence-corrected chi connectivity index (χ0v) is 22.9. The Morgan fingerprint density at radius 1 is 0.419 bits per heavy atom. The highest BCUT2D eigenvalue weighted by atomic mass is 16.3. The summed E-state index contributed by atoms with van der Waals surface area (Å²) in [7, 11) is 0. The Bertz CT molecular complexity index is 2520. The van der Waals surface area contributed by atoms with Crippen LogP contribution in [0.25, 0.3) is 88.5 Å². The summed E-state index contributed by atoms with van der Waals surface area (Å²) in [6.07, 6.45) is 1.74. The SMILES string of the molecule is c1ccc(-c2nc(-c3cccc4c3ccc3ccc5ccccc5c34)nc(-c3cccc4oc5ncccc5c34)n2)cc1. The molecular weight excluding hydrogens is 528 g/mol. The van der Waals surface area contributed by atoms with E-state index in [-0.39, 0.29) is 0 Å². The Hall–Kier alpha value is -5.94. The van der Waals surface area contributed by atoms with Crippen LogP contribution in [0.1, 0.15) is 0 Å². The lowest BCUT2D eigenvalue weighted by Gasteiger charge is -2.13. The molecule has 0 amide bonds. The number of nitrogens with zero attached hydrogens (tertiary/aromatic N) is 4. The number of hydrogen-bond donors (Lipinski definition) is 0. The van der Waals surface area contributed by atoms with Gasteiger partial charge in [-0.3, -0.25) is 0 Å². The first-order valence-electron chi connectivity index (χ1n) is 14.2. The minimum atomic E-state index is 0.587. The maximum atomic E-state index is 6.10. The monoisotopic (exact) mass is 550 g/mol. The first-order valence-corrected chi connectivity index (χ1v) is 14.2. The van der Waals surface area contributed by atoms with Crippen molar-refractivity contribution in [2.45, 2.75) is 0 Å². The number of furan rings is 1. The summed E-state index contributed by atoms with van der Waals surface area (Å²) in [6.45, 7) is 0. The maximum absolute atomic E-state index is 6.10. The summed E-state index contributed by atoms with van der Waals surface area (Å²) in [6, 6.07) is 43.7. The molecule has 0 unspecified atom stereocenters. The van der Waals surface area contributed by atoms with Crippen LogP contribution in [0.3, 0.4) is 0 Å². The fourth-order valence-corrected chi connectivity index (χ4v) is 6.24. The second kappa shape index (κ2) is 9.29. The zero-order valence-electron chi connectivity index (χ0n) is 22.9. The lowest BCUT2D eigenvalue weighted by Crippen LogP contribution is -2.01. The van der Waals surface area contributed by atoms with Crippen LogP contribution in [-0.2, 0) is 0 Å². The summed E-state index contributed by atoms with van der Waals surface area (Å²) in [5, 5.41) is 9.03. The Labute approximate surface area is 246 Å². The van der Waals surface area contributed by atoms with E-state index in [0.29, 0.717) is 23.2 Å². The van der Waals surface area contributed by atoms with Gasteiger partial charge in [-0.05, 0) is 50.5 Å². The first kappa shape index (κ1) is 23.7. The molecule has 9 aromatic rings. The molecule has 0 saturated heterocycles. The van der Waals surface area contributed by atoms with Gasteiger partial charge in [0.15, 0.2) is 17.5 Å². The molecule has 0 radical (unpaired) electrons. The van der Waals surface area contributed by atoms with Crippen LogP contribution in [0.4, 0.5) is 0 Å². The van der Waals surface area contributed by atoms with Crippen LogP contribution < -0.4 is 0 Å². The lowest BCUT2D eigenvalue weighted by molar-refractivity contribution is 0.654. The molecule has 43 heavy (non-hydrogen) atoms. The van der Waals surface area contributed by atoms with Gasteiger partial charge in [0.25, 0.3) is 0 Å². The van der Waals surface area contributed by atoms with Gasteiger partial charge in [0.05, 0.1) is 0 Å². The van der Waals surface area contributed by atoms with Crippen LogP contribution in [0.2, 0.25) is 0 Å². The number of aromatic nitrogens is 4. The summed E-state index contributed by atoms with van der Waals surface area (Å²) in [4.78, 5) is 19.7. The van der Waals surface area contributed by atoms with Crippen molar-refractivity contribution in [2.24, 2.45) is 0 Å². The Morgan fingerprint density at radius 2 is 1.12 bits per heavy atom. The van der Waals surface area contributed by atoms with E-state index in [2.05, 4.69) is 71.7 Å². The molecule has 0 fully saturated rings. The largest absolute Gasteiger partial charge is 0.438 e. The maximum Gasteiger partial charge on any atom is 0.227 e. The fourth-order valence-electron chi connectivity index (χ4n) is 6.24. The Balaban J connectivity index is 1.35. The Kier molecular flexibility index (Phi) is 5.13. The topological polar surface area (TPSA) is 64.7 Å². The summed E-state index contributed by atoms with van der Waals surface area (Å²) in [5.41, 5.74) is 4.10. The molecule has 5 heteroatoms. The van der Waals surface area contributed by atoms with Crippen molar-refractivity contribution in [3.63, 3.8) is 0 Å². The molecule has 9 rings (SSSR count). The van der Waals surface area contributed by atoms with Crippen molar-refractivity contribution >= 4 is 54.4 Å². The normalized spacial score (nSPS) is 11.7. The minimum Gasteiger partial charge on any atom is -0.438 e. The molecule has 0 spiro atoms. The van der Waals surface area contributed by atoms with Crippen molar-refractivity contribution in [2.75, 3.05) is 0 Å². The van der Waals surface area contributed by atoms with Gasteiger partial charge in [-0.25, -0.2) is 19.9 Å². The second-order valence-electron chi connectivity index (χ2n) is 10.7. The van der Waals surface area contributed by atoms with E-state index in [1.807, 2.05) is 60.7 Å². The predicted molar refractivity (Wildman–Crippen MR) is 174 cm³/mol. The third-order valence-corrected chi connectivity index (χ3v) is 8.19. The molecule has 3 heterocycles. The average molecular weight is 551 g/mol. The summed E-state index contributed by atoms with van der Waals surface area (Å²) in [5.74, 6) is 1.83. The van der Waals surface area contributed by atoms with Gasteiger partial charge < -0.3 is 4.42 Å².